The van der Waals surface area contributed by atoms with Crippen LogP contribution in [0.5, 0.6) is 0 Å². The zero-order valence-electron chi connectivity index (χ0n) is 9.17. The molecule has 0 saturated carbocycles. The van der Waals surface area contributed by atoms with Gasteiger partial charge < -0.3 is 4.98 Å². The Labute approximate surface area is 96.5 Å². The van der Waals surface area contributed by atoms with Gasteiger partial charge in [0, 0.05) is 17.6 Å². The van der Waals surface area contributed by atoms with Gasteiger partial charge in [0.2, 0.25) is 0 Å². The lowest BCUT2D eigenvalue weighted by molar-refractivity contribution is 0.776. The molecule has 0 aliphatic carbocycles. The second-order valence-electron chi connectivity index (χ2n) is 3.46. The van der Waals surface area contributed by atoms with Crippen molar-refractivity contribution in [3.05, 3.63) is 36.5 Å². The lowest BCUT2D eigenvalue weighted by Gasteiger charge is -1.84. The SMILES string of the molecule is CCCCCCl.c1ccc2[nH]ccc2c1. The van der Waals surface area contributed by atoms with E-state index < -0.39 is 0 Å². The van der Waals surface area contributed by atoms with E-state index >= 15 is 0 Å². The van der Waals surface area contributed by atoms with Crippen LogP contribution < -0.4 is 0 Å². The molecular formula is C13H18ClN. The van der Waals surface area contributed by atoms with Gasteiger partial charge in [-0.2, -0.15) is 0 Å². The third kappa shape index (κ3) is 4.39. The summed E-state index contributed by atoms with van der Waals surface area (Å²) < 4.78 is 0. The van der Waals surface area contributed by atoms with Crippen LogP contribution >= 0.6 is 11.6 Å². The fourth-order valence-electron chi connectivity index (χ4n) is 1.34. The Kier molecular flexibility index (Phi) is 5.94. The van der Waals surface area contributed by atoms with Gasteiger partial charge in [-0.3, -0.25) is 0 Å². The monoisotopic (exact) mass is 223 g/mol. The van der Waals surface area contributed by atoms with Crippen LogP contribution in [0.4, 0.5) is 0 Å². The van der Waals surface area contributed by atoms with Crippen LogP contribution in [0, 0.1) is 0 Å². The first-order valence-electron chi connectivity index (χ1n) is 5.46. The highest BCUT2D eigenvalue weighted by Crippen LogP contribution is 2.09. The fourth-order valence-corrected chi connectivity index (χ4v) is 1.53. The van der Waals surface area contributed by atoms with E-state index in [4.69, 9.17) is 11.6 Å². The molecule has 2 rings (SSSR count). The summed E-state index contributed by atoms with van der Waals surface area (Å²) in [5.41, 5.74) is 1.21. The Morgan fingerprint density at radius 2 is 1.93 bits per heavy atom. The molecule has 0 bridgehead atoms. The van der Waals surface area contributed by atoms with E-state index in [0.717, 1.165) is 5.88 Å². The van der Waals surface area contributed by atoms with Crippen molar-refractivity contribution in [3.8, 4) is 0 Å². The Hall–Kier alpha value is -0.950. The van der Waals surface area contributed by atoms with Gasteiger partial charge in [0.15, 0.2) is 0 Å². The quantitative estimate of drug-likeness (QED) is 0.579. The summed E-state index contributed by atoms with van der Waals surface area (Å²) in [4.78, 5) is 3.12. The fraction of sp³-hybridized carbons (Fsp3) is 0.385. The van der Waals surface area contributed by atoms with Crippen molar-refractivity contribution < 1.29 is 0 Å². The van der Waals surface area contributed by atoms with Gasteiger partial charge in [-0.05, 0) is 23.9 Å². The Bertz CT molecular complexity index is 333. The van der Waals surface area contributed by atoms with Crippen molar-refractivity contribution in [2.75, 3.05) is 5.88 Å². The summed E-state index contributed by atoms with van der Waals surface area (Å²) in [6.45, 7) is 2.17. The summed E-state index contributed by atoms with van der Waals surface area (Å²) >= 11 is 5.38. The number of alkyl halides is 1. The molecule has 2 heteroatoms. The topological polar surface area (TPSA) is 15.8 Å². The van der Waals surface area contributed by atoms with Crippen LogP contribution in [0.15, 0.2) is 36.5 Å². The second kappa shape index (κ2) is 7.36. The zero-order valence-corrected chi connectivity index (χ0v) is 9.93. The first kappa shape index (κ1) is 12.1. The van der Waals surface area contributed by atoms with Crippen molar-refractivity contribution in [1.82, 2.24) is 4.98 Å². The molecule has 1 aromatic carbocycles. The largest absolute Gasteiger partial charge is 0.361 e. The minimum Gasteiger partial charge on any atom is -0.361 e. The summed E-state index contributed by atoms with van der Waals surface area (Å²) in [7, 11) is 0. The summed E-state index contributed by atoms with van der Waals surface area (Å²) in [5, 5.41) is 1.28. The number of unbranched alkanes of at least 4 members (excludes halogenated alkanes) is 2. The van der Waals surface area contributed by atoms with Crippen molar-refractivity contribution in [2.45, 2.75) is 26.2 Å². The molecule has 0 atom stereocenters. The number of hydrogen-bond donors (Lipinski definition) is 1. The van der Waals surface area contributed by atoms with Crippen molar-refractivity contribution in [1.29, 1.82) is 0 Å². The molecule has 0 saturated heterocycles. The Morgan fingerprint density at radius 1 is 1.13 bits per heavy atom. The van der Waals surface area contributed by atoms with Crippen molar-refractivity contribution >= 4 is 22.5 Å². The molecular weight excluding hydrogens is 206 g/mol. The highest BCUT2D eigenvalue weighted by molar-refractivity contribution is 6.17. The predicted molar refractivity (Wildman–Crippen MR) is 68.5 cm³/mol. The average molecular weight is 224 g/mol. The van der Waals surface area contributed by atoms with Gasteiger partial charge in [0.25, 0.3) is 0 Å². The van der Waals surface area contributed by atoms with E-state index in [9.17, 15) is 0 Å². The maximum Gasteiger partial charge on any atom is 0.0453 e. The van der Waals surface area contributed by atoms with Gasteiger partial charge in [-0.25, -0.2) is 0 Å². The molecule has 2 aromatic rings. The van der Waals surface area contributed by atoms with Gasteiger partial charge in [0.05, 0.1) is 0 Å². The van der Waals surface area contributed by atoms with E-state index in [1.165, 1.54) is 30.2 Å². The first-order chi connectivity index (χ1) is 7.38. The summed E-state index contributed by atoms with van der Waals surface area (Å²) in [6.07, 6.45) is 5.68. The van der Waals surface area contributed by atoms with E-state index in [0.29, 0.717) is 0 Å². The minimum absolute atomic E-state index is 0.827. The smallest absolute Gasteiger partial charge is 0.0453 e. The third-order valence-corrected chi connectivity index (χ3v) is 2.47. The molecule has 0 fully saturated rings. The minimum atomic E-state index is 0.827. The van der Waals surface area contributed by atoms with Gasteiger partial charge >= 0.3 is 0 Å². The molecule has 1 N–H and O–H groups in total. The molecule has 1 nitrogen and oxygen atoms in total. The van der Waals surface area contributed by atoms with Crippen LogP contribution in [-0.4, -0.2) is 10.9 Å². The van der Waals surface area contributed by atoms with Crippen molar-refractivity contribution in [2.24, 2.45) is 0 Å². The number of H-pyrrole nitrogens is 1. The average Bonchev–Trinajstić information content (AvgIpc) is 2.75. The highest BCUT2D eigenvalue weighted by Gasteiger charge is 1.86. The van der Waals surface area contributed by atoms with Crippen molar-refractivity contribution in [3.63, 3.8) is 0 Å². The van der Waals surface area contributed by atoms with E-state index in [1.807, 2.05) is 18.3 Å². The number of aromatic nitrogens is 1. The lowest BCUT2D eigenvalue weighted by Crippen LogP contribution is -1.70. The number of rotatable bonds is 3. The number of hydrogen-bond acceptors (Lipinski definition) is 0. The molecule has 15 heavy (non-hydrogen) atoms. The molecule has 82 valence electrons. The zero-order chi connectivity index (χ0) is 10.9. The number of benzene rings is 1. The Morgan fingerprint density at radius 3 is 2.53 bits per heavy atom. The maximum absolute atomic E-state index is 5.38. The normalized spacial score (nSPS) is 9.73. The molecule has 1 heterocycles. The Balaban J connectivity index is 0.000000167. The number of para-hydroxylation sites is 1. The molecule has 0 aliphatic rings. The standard InChI is InChI=1S/C8H7N.C5H11Cl/c1-2-4-8-7(3-1)5-6-9-8;1-2-3-4-5-6/h1-6,9H;2-5H2,1H3. The van der Waals surface area contributed by atoms with E-state index in [1.54, 1.807) is 0 Å². The second-order valence-corrected chi connectivity index (χ2v) is 3.84. The summed E-state index contributed by atoms with van der Waals surface area (Å²) in [6, 6.07) is 10.3. The lowest BCUT2D eigenvalue weighted by atomic mass is 10.3. The number of halogens is 1. The predicted octanol–water partition coefficient (Wildman–Crippen LogP) is 4.58. The number of fused-ring (bicyclic) bond motifs is 1. The number of nitrogens with one attached hydrogen (secondary N) is 1. The van der Waals surface area contributed by atoms with Gasteiger partial charge in [0.1, 0.15) is 0 Å². The summed E-state index contributed by atoms with van der Waals surface area (Å²) in [5.74, 6) is 0.827. The van der Waals surface area contributed by atoms with Crippen LogP contribution in [-0.2, 0) is 0 Å². The van der Waals surface area contributed by atoms with E-state index in [-0.39, 0.29) is 0 Å². The van der Waals surface area contributed by atoms with Gasteiger partial charge in [-0.15, -0.1) is 11.6 Å². The van der Waals surface area contributed by atoms with Gasteiger partial charge in [-0.1, -0.05) is 38.0 Å². The molecule has 0 spiro atoms. The third-order valence-electron chi connectivity index (χ3n) is 2.20. The van der Waals surface area contributed by atoms with Crippen LogP contribution in [0.2, 0.25) is 0 Å². The molecule has 0 unspecified atom stereocenters. The molecule has 0 amide bonds. The molecule has 0 aliphatic heterocycles. The maximum atomic E-state index is 5.38. The first-order valence-corrected chi connectivity index (χ1v) is 6.00. The number of aromatic amines is 1. The molecule has 0 radical (unpaired) electrons. The van der Waals surface area contributed by atoms with Crippen LogP contribution in [0.3, 0.4) is 0 Å². The molecule has 1 aromatic heterocycles. The van der Waals surface area contributed by atoms with Crippen LogP contribution in [0.25, 0.3) is 10.9 Å². The van der Waals surface area contributed by atoms with E-state index in [2.05, 4.69) is 30.1 Å². The van der Waals surface area contributed by atoms with Crippen LogP contribution in [0.1, 0.15) is 26.2 Å². The highest BCUT2D eigenvalue weighted by atomic mass is 35.5.